The zero-order valence-corrected chi connectivity index (χ0v) is 13.3. The van der Waals surface area contributed by atoms with Gasteiger partial charge in [0.1, 0.15) is 0 Å². The van der Waals surface area contributed by atoms with E-state index in [9.17, 15) is 8.42 Å². The van der Waals surface area contributed by atoms with Crippen molar-refractivity contribution < 1.29 is 8.42 Å². The molecule has 112 valence electrons. The number of nitrogens with one attached hydrogen (secondary N) is 1. The number of thioether (sulfide) groups is 1. The topological polar surface area (TPSA) is 52.7 Å². The Bertz CT molecular complexity index is 369. The number of nitrogens with zero attached hydrogens (tertiary/aromatic N) is 2. The monoisotopic (exact) mass is 307 g/mol. The Hall–Kier alpha value is 0.180. The predicted octanol–water partition coefficient (Wildman–Crippen LogP) is 0.744. The molecule has 0 spiro atoms. The Morgan fingerprint density at radius 1 is 1.21 bits per heavy atom. The van der Waals surface area contributed by atoms with E-state index in [1.165, 1.54) is 0 Å². The Morgan fingerprint density at radius 3 is 2.63 bits per heavy atom. The molecule has 2 saturated heterocycles. The third-order valence-corrected chi connectivity index (χ3v) is 6.83. The molecule has 2 aliphatic heterocycles. The molecule has 0 bridgehead atoms. The van der Waals surface area contributed by atoms with Gasteiger partial charge in [-0.1, -0.05) is 13.3 Å². The fourth-order valence-electron chi connectivity index (χ4n) is 2.72. The lowest BCUT2D eigenvalue weighted by atomic mass is 10.1. The van der Waals surface area contributed by atoms with E-state index in [4.69, 9.17) is 0 Å². The molecule has 0 amide bonds. The third kappa shape index (κ3) is 3.85. The van der Waals surface area contributed by atoms with Gasteiger partial charge in [-0.3, -0.25) is 0 Å². The van der Waals surface area contributed by atoms with E-state index < -0.39 is 10.2 Å². The standard InChI is InChI=1S/C12H25N3O2S2/c1-2-13-11-12-5-3-4-6-15(12)19(16,17)14-7-9-18-10-8-14/h12-13H,2-11H2,1H3. The van der Waals surface area contributed by atoms with Crippen LogP contribution >= 0.6 is 11.8 Å². The molecule has 0 radical (unpaired) electrons. The first kappa shape index (κ1) is 15.6. The van der Waals surface area contributed by atoms with E-state index in [1.54, 1.807) is 8.61 Å². The van der Waals surface area contributed by atoms with Gasteiger partial charge >= 0.3 is 0 Å². The molecule has 0 aromatic rings. The van der Waals surface area contributed by atoms with Crippen molar-refractivity contribution in [1.82, 2.24) is 13.9 Å². The van der Waals surface area contributed by atoms with Crippen LogP contribution in [0.5, 0.6) is 0 Å². The van der Waals surface area contributed by atoms with Gasteiger partial charge in [-0.05, 0) is 19.4 Å². The van der Waals surface area contributed by atoms with Gasteiger partial charge < -0.3 is 5.32 Å². The third-order valence-electron chi connectivity index (χ3n) is 3.80. The largest absolute Gasteiger partial charge is 0.315 e. The molecule has 1 unspecified atom stereocenters. The second-order valence-corrected chi connectivity index (χ2v) is 8.19. The summed E-state index contributed by atoms with van der Waals surface area (Å²) < 4.78 is 28.9. The molecule has 0 saturated carbocycles. The van der Waals surface area contributed by atoms with Crippen LogP contribution in [0.4, 0.5) is 0 Å². The van der Waals surface area contributed by atoms with Crippen molar-refractivity contribution in [2.24, 2.45) is 0 Å². The SMILES string of the molecule is CCNCC1CCCCN1S(=O)(=O)N1CCSCC1. The molecule has 0 aromatic carbocycles. The van der Waals surface area contributed by atoms with Crippen molar-refractivity contribution in [2.75, 3.05) is 44.2 Å². The predicted molar refractivity (Wildman–Crippen MR) is 80.7 cm³/mol. The number of likely N-dealkylation sites (N-methyl/N-ethyl adjacent to an activating group) is 1. The highest BCUT2D eigenvalue weighted by Crippen LogP contribution is 2.24. The molecule has 2 rings (SSSR count). The van der Waals surface area contributed by atoms with E-state index in [-0.39, 0.29) is 6.04 Å². The molecular weight excluding hydrogens is 282 g/mol. The molecule has 7 heteroatoms. The summed E-state index contributed by atoms with van der Waals surface area (Å²) in [6.07, 6.45) is 3.11. The van der Waals surface area contributed by atoms with E-state index in [1.807, 2.05) is 11.8 Å². The number of hydrogen-bond acceptors (Lipinski definition) is 4. The highest BCUT2D eigenvalue weighted by atomic mass is 32.2. The van der Waals surface area contributed by atoms with E-state index >= 15 is 0 Å². The molecule has 2 fully saturated rings. The summed E-state index contributed by atoms with van der Waals surface area (Å²) in [6.45, 7) is 5.74. The van der Waals surface area contributed by atoms with Gasteiger partial charge in [-0.15, -0.1) is 0 Å². The van der Waals surface area contributed by atoms with E-state index in [0.717, 1.165) is 43.9 Å². The Balaban J connectivity index is 2.06. The maximum absolute atomic E-state index is 12.7. The highest BCUT2D eigenvalue weighted by molar-refractivity contribution is 7.99. The number of hydrogen-bond donors (Lipinski definition) is 1. The first-order chi connectivity index (χ1) is 9.16. The minimum atomic E-state index is -3.25. The summed E-state index contributed by atoms with van der Waals surface area (Å²) >= 11 is 1.84. The summed E-state index contributed by atoms with van der Waals surface area (Å²) in [7, 11) is -3.25. The number of rotatable bonds is 5. The molecular formula is C12H25N3O2S2. The van der Waals surface area contributed by atoms with Crippen LogP contribution in [0.15, 0.2) is 0 Å². The van der Waals surface area contributed by atoms with Crippen LogP contribution in [0.1, 0.15) is 26.2 Å². The second kappa shape index (κ2) is 7.26. The lowest BCUT2D eigenvalue weighted by Crippen LogP contribution is -2.54. The van der Waals surface area contributed by atoms with Crippen molar-refractivity contribution in [2.45, 2.75) is 32.2 Å². The first-order valence-electron chi connectivity index (χ1n) is 7.21. The second-order valence-electron chi connectivity index (χ2n) is 5.09. The Morgan fingerprint density at radius 2 is 1.95 bits per heavy atom. The summed E-state index contributed by atoms with van der Waals surface area (Å²) in [5, 5.41) is 3.29. The average molecular weight is 307 g/mol. The zero-order valence-electron chi connectivity index (χ0n) is 11.7. The minimum Gasteiger partial charge on any atom is -0.315 e. The van der Waals surface area contributed by atoms with Crippen LogP contribution in [0.3, 0.4) is 0 Å². The molecule has 19 heavy (non-hydrogen) atoms. The van der Waals surface area contributed by atoms with Crippen molar-refractivity contribution in [3.8, 4) is 0 Å². The zero-order chi connectivity index (χ0) is 13.7. The first-order valence-corrected chi connectivity index (χ1v) is 9.77. The smallest absolute Gasteiger partial charge is 0.282 e. The van der Waals surface area contributed by atoms with Crippen LogP contribution in [0.25, 0.3) is 0 Å². The van der Waals surface area contributed by atoms with Crippen LogP contribution in [0, 0.1) is 0 Å². The van der Waals surface area contributed by atoms with E-state index in [0.29, 0.717) is 19.6 Å². The number of piperidine rings is 1. The Labute approximate surface area is 121 Å². The van der Waals surface area contributed by atoms with Gasteiger partial charge in [-0.2, -0.15) is 28.8 Å². The van der Waals surface area contributed by atoms with Crippen LogP contribution in [-0.2, 0) is 10.2 Å². The Kier molecular flexibility index (Phi) is 5.95. The summed E-state index contributed by atoms with van der Waals surface area (Å²) in [6, 6.07) is 0.133. The average Bonchev–Trinajstić information content (AvgIpc) is 2.46. The quantitative estimate of drug-likeness (QED) is 0.814. The fraction of sp³-hybridized carbons (Fsp3) is 1.00. The molecule has 1 atom stereocenters. The lowest BCUT2D eigenvalue weighted by molar-refractivity contribution is 0.229. The molecule has 5 nitrogen and oxygen atoms in total. The lowest BCUT2D eigenvalue weighted by Gasteiger charge is -2.39. The molecule has 0 aromatic heterocycles. The van der Waals surface area contributed by atoms with Gasteiger partial charge in [0.25, 0.3) is 10.2 Å². The van der Waals surface area contributed by atoms with Gasteiger partial charge in [0, 0.05) is 43.7 Å². The maximum Gasteiger partial charge on any atom is 0.282 e. The molecule has 2 aliphatic rings. The molecule has 2 heterocycles. The van der Waals surface area contributed by atoms with Gasteiger partial charge in [0.05, 0.1) is 0 Å². The van der Waals surface area contributed by atoms with Gasteiger partial charge in [-0.25, -0.2) is 0 Å². The molecule has 1 N–H and O–H groups in total. The summed E-state index contributed by atoms with van der Waals surface area (Å²) in [5.41, 5.74) is 0. The summed E-state index contributed by atoms with van der Waals surface area (Å²) in [4.78, 5) is 0. The van der Waals surface area contributed by atoms with Gasteiger partial charge in [0.2, 0.25) is 0 Å². The van der Waals surface area contributed by atoms with Crippen LogP contribution < -0.4 is 5.32 Å². The molecule has 0 aliphatic carbocycles. The minimum absolute atomic E-state index is 0.133. The van der Waals surface area contributed by atoms with Crippen molar-refractivity contribution in [3.63, 3.8) is 0 Å². The highest BCUT2D eigenvalue weighted by Gasteiger charge is 2.36. The normalized spacial score (nSPS) is 27.5. The van der Waals surface area contributed by atoms with Crippen LogP contribution in [-0.4, -0.2) is 67.3 Å². The van der Waals surface area contributed by atoms with Crippen molar-refractivity contribution in [1.29, 1.82) is 0 Å². The van der Waals surface area contributed by atoms with Crippen molar-refractivity contribution in [3.05, 3.63) is 0 Å². The van der Waals surface area contributed by atoms with Crippen LogP contribution in [0.2, 0.25) is 0 Å². The fourth-order valence-corrected chi connectivity index (χ4v) is 5.71. The van der Waals surface area contributed by atoms with Crippen molar-refractivity contribution >= 4 is 22.0 Å². The summed E-state index contributed by atoms with van der Waals surface area (Å²) in [5.74, 6) is 1.84. The van der Waals surface area contributed by atoms with E-state index in [2.05, 4.69) is 12.2 Å². The van der Waals surface area contributed by atoms with Gasteiger partial charge in [0.15, 0.2) is 0 Å². The maximum atomic E-state index is 12.7.